The van der Waals surface area contributed by atoms with Crippen LogP contribution in [0.25, 0.3) is 6.20 Å². The maximum Gasteiger partial charge on any atom is 0.177 e. The molecule has 1 unspecified atom stereocenters. The van der Waals surface area contributed by atoms with E-state index in [2.05, 4.69) is 5.32 Å². The van der Waals surface area contributed by atoms with Gasteiger partial charge in [0.15, 0.2) is 6.19 Å². The quantitative estimate of drug-likeness (QED) is 0.474. The minimum absolute atomic E-state index is 0.0648. The van der Waals surface area contributed by atoms with E-state index < -0.39 is 0 Å². The summed E-state index contributed by atoms with van der Waals surface area (Å²) in [5.41, 5.74) is 1.12. The van der Waals surface area contributed by atoms with Gasteiger partial charge in [0.25, 0.3) is 0 Å². The van der Waals surface area contributed by atoms with Crippen LogP contribution in [0.4, 0.5) is 0 Å². The molecule has 1 aromatic heterocycles. The molecule has 0 saturated heterocycles. The third kappa shape index (κ3) is 0.802. The van der Waals surface area contributed by atoms with Gasteiger partial charge in [0.1, 0.15) is 0 Å². The molecule has 1 N–H and O–H groups in total. The topological polar surface area (TPSA) is 40.8 Å². The molecule has 0 amide bonds. The van der Waals surface area contributed by atoms with Crippen LogP contribution in [-0.2, 0) is 0 Å². The molecule has 0 bridgehead atoms. The van der Waals surface area contributed by atoms with E-state index in [0.717, 1.165) is 5.69 Å². The van der Waals surface area contributed by atoms with Crippen LogP contribution in [0, 0.1) is 11.5 Å². The van der Waals surface area contributed by atoms with Gasteiger partial charge in [-0.1, -0.05) is 0 Å². The minimum Gasteiger partial charge on any atom is -0.325 e. The van der Waals surface area contributed by atoms with Crippen molar-refractivity contribution in [2.75, 3.05) is 0 Å². The lowest BCUT2D eigenvalue weighted by Gasteiger charge is -2.03. The highest BCUT2D eigenvalue weighted by atomic mass is 15.0. The molecular formula is C8H7N3. The fourth-order valence-corrected chi connectivity index (χ4v) is 1.28. The third-order valence-electron chi connectivity index (χ3n) is 1.79. The van der Waals surface area contributed by atoms with Crippen LogP contribution in [0.3, 0.4) is 0 Å². The lowest BCUT2D eigenvalue weighted by molar-refractivity contribution is 0.756. The Labute approximate surface area is 64.6 Å². The van der Waals surface area contributed by atoms with Crippen molar-refractivity contribution in [3.05, 3.63) is 30.1 Å². The molecule has 2 rings (SSSR count). The fourth-order valence-electron chi connectivity index (χ4n) is 1.28. The summed E-state index contributed by atoms with van der Waals surface area (Å²) in [5, 5.41) is 11.1. The zero-order chi connectivity index (χ0) is 7.68. The summed E-state index contributed by atoms with van der Waals surface area (Å²) < 4.78 is 2.00. The van der Waals surface area contributed by atoms with E-state index in [1.165, 1.54) is 0 Å². The molecule has 0 saturated carbocycles. The van der Waals surface area contributed by atoms with Crippen molar-refractivity contribution in [2.45, 2.75) is 6.04 Å². The van der Waals surface area contributed by atoms with E-state index in [4.69, 9.17) is 5.26 Å². The van der Waals surface area contributed by atoms with Crippen LogP contribution in [0.2, 0.25) is 0 Å². The maximum absolute atomic E-state index is 8.39. The first-order valence-electron chi connectivity index (χ1n) is 3.41. The van der Waals surface area contributed by atoms with E-state index in [1.807, 2.05) is 41.4 Å². The summed E-state index contributed by atoms with van der Waals surface area (Å²) in [6, 6.07) is 4.02. The second-order valence-electron chi connectivity index (χ2n) is 2.42. The first-order chi connectivity index (χ1) is 5.42. The Bertz CT molecular complexity index is 329. The van der Waals surface area contributed by atoms with Crippen LogP contribution in [0.1, 0.15) is 11.7 Å². The van der Waals surface area contributed by atoms with Crippen LogP contribution in [0.5, 0.6) is 0 Å². The zero-order valence-corrected chi connectivity index (χ0v) is 5.86. The monoisotopic (exact) mass is 145 g/mol. The SMILES string of the molecule is N#CNC1C=Cn2cccc21. The van der Waals surface area contributed by atoms with Crippen LogP contribution in [-0.4, -0.2) is 4.57 Å². The highest BCUT2D eigenvalue weighted by Crippen LogP contribution is 2.21. The lowest BCUT2D eigenvalue weighted by Crippen LogP contribution is -2.11. The molecule has 2 heterocycles. The van der Waals surface area contributed by atoms with Crippen molar-refractivity contribution in [1.82, 2.24) is 9.88 Å². The van der Waals surface area contributed by atoms with Gasteiger partial charge in [-0.15, -0.1) is 0 Å². The lowest BCUT2D eigenvalue weighted by atomic mass is 10.2. The number of rotatable bonds is 1. The van der Waals surface area contributed by atoms with E-state index in [-0.39, 0.29) is 6.04 Å². The molecule has 3 heteroatoms. The summed E-state index contributed by atoms with van der Waals surface area (Å²) in [6.07, 6.45) is 7.79. The molecule has 1 atom stereocenters. The summed E-state index contributed by atoms with van der Waals surface area (Å²) in [6.45, 7) is 0. The Morgan fingerprint density at radius 2 is 2.55 bits per heavy atom. The van der Waals surface area contributed by atoms with Crippen LogP contribution in [0.15, 0.2) is 24.4 Å². The second-order valence-corrected chi connectivity index (χ2v) is 2.42. The van der Waals surface area contributed by atoms with Gasteiger partial charge in [-0.05, 0) is 18.2 Å². The second kappa shape index (κ2) is 2.17. The number of hydrogen-bond donors (Lipinski definition) is 1. The summed E-state index contributed by atoms with van der Waals surface area (Å²) in [4.78, 5) is 0. The minimum atomic E-state index is 0.0648. The molecule has 0 aromatic carbocycles. The highest BCUT2D eigenvalue weighted by Gasteiger charge is 2.14. The number of nitrogens with zero attached hydrogens (tertiary/aromatic N) is 2. The number of nitrogens with one attached hydrogen (secondary N) is 1. The largest absolute Gasteiger partial charge is 0.325 e. The van der Waals surface area contributed by atoms with Gasteiger partial charge in [-0.25, -0.2) is 0 Å². The Hall–Kier alpha value is -1.69. The maximum atomic E-state index is 8.39. The summed E-state index contributed by atoms with van der Waals surface area (Å²) in [7, 11) is 0. The Morgan fingerprint density at radius 3 is 3.36 bits per heavy atom. The molecule has 0 fully saturated rings. The van der Waals surface area contributed by atoms with E-state index >= 15 is 0 Å². The van der Waals surface area contributed by atoms with Crippen molar-refractivity contribution < 1.29 is 0 Å². The van der Waals surface area contributed by atoms with Gasteiger partial charge in [-0.2, -0.15) is 5.26 Å². The van der Waals surface area contributed by atoms with Crippen molar-refractivity contribution in [1.29, 1.82) is 5.26 Å². The first kappa shape index (κ1) is 6.05. The number of fused-ring (bicyclic) bond motifs is 1. The molecule has 1 aliphatic rings. The summed E-state index contributed by atoms with van der Waals surface area (Å²) in [5.74, 6) is 0. The average molecular weight is 145 g/mol. The van der Waals surface area contributed by atoms with Gasteiger partial charge in [0, 0.05) is 18.1 Å². The summed E-state index contributed by atoms with van der Waals surface area (Å²) >= 11 is 0. The van der Waals surface area contributed by atoms with Crippen molar-refractivity contribution >= 4 is 6.20 Å². The van der Waals surface area contributed by atoms with E-state index in [9.17, 15) is 0 Å². The Morgan fingerprint density at radius 1 is 1.64 bits per heavy atom. The molecule has 0 radical (unpaired) electrons. The van der Waals surface area contributed by atoms with Crippen LogP contribution < -0.4 is 5.32 Å². The van der Waals surface area contributed by atoms with Gasteiger partial charge < -0.3 is 9.88 Å². The fraction of sp³-hybridized carbons (Fsp3) is 0.125. The molecule has 1 aromatic rings. The standard InChI is InChI=1S/C8H7N3/c9-6-10-7-3-5-11-4-1-2-8(7)11/h1-5,7,10H. The number of nitriles is 1. The van der Waals surface area contributed by atoms with Gasteiger partial charge in [-0.3, -0.25) is 0 Å². The number of aromatic nitrogens is 1. The van der Waals surface area contributed by atoms with E-state index in [0.29, 0.717) is 0 Å². The van der Waals surface area contributed by atoms with Crippen LogP contribution >= 0.6 is 0 Å². The van der Waals surface area contributed by atoms with Crippen molar-refractivity contribution in [3.63, 3.8) is 0 Å². The molecule has 0 spiro atoms. The molecule has 11 heavy (non-hydrogen) atoms. The molecule has 1 aliphatic heterocycles. The predicted octanol–water partition coefficient (Wildman–Crippen LogP) is 1.08. The Kier molecular flexibility index (Phi) is 1.19. The molecule has 0 aliphatic carbocycles. The van der Waals surface area contributed by atoms with Gasteiger partial charge in [0.2, 0.25) is 0 Å². The van der Waals surface area contributed by atoms with Crippen molar-refractivity contribution in [3.8, 4) is 6.19 Å². The average Bonchev–Trinajstić information content (AvgIpc) is 2.53. The molecule has 54 valence electrons. The first-order valence-corrected chi connectivity index (χ1v) is 3.41. The number of hydrogen-bond acceptors (Lipinski definition) is 2. The normalized spacial score (nSPS) is 19.4. The zero-order valence-electron chi connectivity index (χ0n) is 5.86. The van der Waals surface area contributed by atoms with E-state index in [1.54, 1.807) is 0 Å². The van der Waals surface area contributed by atoms with Gasteiger partial charge in [0.05, 0.1) is 6.04 Å². The third-order valence-corrected chi connectivity index (χ3v) is 1.79. The molecular weight excluding hydrogens is 138 g/mol. The predicted molar refractivity (Wildman–Crippen MR) is 41.3 cm³/mol. The Balaban J connectivity index is 2.33. The van der Waals surface area contributed by atoms with Gasteiger partial charge >= 0.3 is 0 Å². The smallest absolute Gasteiger partial charge is 0.177 e. The highest BCUT2D eigenvalue weighted by molar-refractivity contribution is 5.40. The molecule has 3 nitrogen and oxygen atoms in total. The van der Waals surface area contributed by atoms with Crippen molar-refractivity contribution in [2.24, 2.45) is 0 Å².